The van der Waals surface area contributed by atoms with Gasteiger partial charge in [-0.2, -0.15) is 5.26 Å². The van der Waals surface area contributed by atoms with E-state index >= 15 is 0 Å². The molecule has 2 saturated heterocycles. The summed E-state index contributed by atoms with van der Waals surface area (Å²) in [6, 6.07) is 29.0. The van der Waals surface area contributed by atoms with E-state index < -0.39 is 12.1 Å². The normalized spacial score (nSPS) is 22.2. The summed E-state index contributed by atoms with van der Waals surface area (Å²) in [6.07, 6.45) is 2.28. The van der Waals surface area contributed by atoms with Gasteiger partial charge in [-0.3, -0.25) is 9.59 Å². The molecule has 2 amide bonds. The van der Waals surface area contributed by atoms with Crippen LogP contribution in [0.3, 0.4) is 0 Å². The molecule has 0 aromatic heterocycles. The first kappa shape index (κ1) is 28.5. The SMILES string of the molecule is C[C@H](N)C(=O)N[C@@H](Cc1cccc(C#N)c1)C(=O)N1C[C@@H](c2ccccc2)C[C@H]1CN1CCC(c2ccccc2)C1. The highest BCUT2D eigenvalue weighted by Gasteiger charge is 2.40. The fourth-order valence-electron chi connectivity index (χ4n) is 6.33. The van der Waals surface area contributed by atoms with Crippen molar-refractivity contribution < 1.29 is 9.59 Å². The zero-order valence-corrected chi connectivity index (χ0v) is 23.7. The second-order valence-corrected chi connectivity index (χ2v) is 11.5. The largest absolute Gasteiger partial charge is 0.343 e. The lowest BCUT2D eigenvalue weighted by Gasteiger charge is -2.32. The highest BCUT2D eigenvalue weighted by Crippen LogP contribution is 2.35. The lowest BCUT2D eigenvalue weighted by Crippen LogP contribution is -2.55. The number of benzene rings is 3. The second-order valence-electron chi connectivity index (χ2n) is 11.5. The van der Waals surface area contributed by atoms with Crippen molar-refractivity contribution in [2.45, 2.75) is 56.1 Å². The Bertz CT molecular complexity index is 1370. The first-order chi connectivity index (χ1) is 19.9. The van der Waals surface area contributed by atoms with Crippen molar-refractivity contribution in [1.82, 2.24) is 15.1 Å². The quantitative estimate of drug-likeness (QED) is 0.423. The van der Waals surface area contributed by atoms with Crippen LogP contribution in [0, 0.1) is 11.3 Å². The van der Waals surface area contributed by atoms with E-state index in [1.165, 1.54) is 11.1 Å². The molecule has 0 saturated carbocycles. The van der Waals surface area contributed by atoms with Crippen LogP contribution in [0.15, 0.2) is 84.9 Å². The average Bonchev–Trinajstić information content (AvgIpc) is 3.65. The Morgan fingerprint density at radius 1 is 0.976 bits per heavy atom. The van der Waals surface area contributed by atoms with Crippen LogP contribution in [-0.2, 0) is 16.0 Å². The molecular weight excluding hydrogens is 510 g/mol. The van der Waals surface area contributed by atoms with Gasteiger partial charge in [-0.15, -0.1) is 0 Å². The van der Waals surface area contributed by atoms with Gasteiger partial charge in [-0.05, 0) is 61.1 Å². The minimum atomic E-state index is -0.768. The van der Waals surface area contributed by atoms with Crippen LogP contribution >= 0.6 is 0 Å². The van der Waals surface area contributed by atoms with Crippen molar-refractivity contribution >= 4 is 11.8 Å². The molecule has 1 unspecified atom stereocenters. The van der Waals surface area contributed by atoms with E-state index in [9.17, 15) is 14.9 Å². The molecule has 3 aromatic carbocycles. The molecule has 0 aliphatic carbocycles. The summed E-state index contributed by atoms with van der Waals surface area (Å²) >= 11 is 0. The van der Waals surface area contributed by atoms with E-state index in [1.807, 2.05) is 35.2 Å². The Morgan fingerprint density at radius 3 is 2.32 bits per heavy atom. The molecule has 5 rings (SSSR count). The van der Waals surface area contributed by atoms with Gasteiger partial charge in [0.15, 0.2) is 0 Å². The predicted molar refractivity (Wildman–Crippen MR) is 160 cm³/mol. The molecule has 0 radical (unpaired) electrons. The average molecular weight is 550 g/mol. The Hall–Kier alpha value is -3.99. The molecule has 5 atom stereocenters. The number of nitrogens with one attached hydrogen (secondary N) is 1. The van der Waals surface area contributed by atoms with Gasteiger partial charge in [0.05, 0.1) is 17.7 Å². The number of likely N-dealkylation sites (tertiary alicyclic amines) is 2. The molecule has 0 spiro atoms. The standard InChI is InChI=1S/C34H39N5O2/c1-24(36)33(40)37-32(18-25-9-8-10-26(17-25)20-35)34(41)39-22-30(28-13-6-3-7-14-28)19-31(39)23-38-16-15-29(21-38)27-11-4-2-5-12-27/h2-14,17,24,29-32H,15-16,18-19,21-23,36H2,1H3,(H,37,40)/t24-,29?,30-,31-,32-/m0/s1. The zero-order chi connectivity index (χ0) is 28.8. The van der Waals surface area contributed by atoms with E-state index in [0.29, 0.717) is 24.4 Å². The van der Waals surface area contributed by atoms with E-state index in [-0.39, 0.29) is 23.8 Å². The number of nitrogens with two attached hydrogens (primary N) is 1. The van der Waals surface area contributed by atoms with Gasteiger partial charge < -0.3 is 20.9 Å². The minimum absolute atomic E-state index is 0.0300. The Balaban J connectivity index is 1.38. The number of carbonyl (C=O) groups is 2. The van der Waals surface area contributed by atoms with Crippen LogP contribution < -0.4 is 11.1 Å². The number of nitriles is 1. The Labute approximate surface area is 242 Å². The van der Waals surface area contributed by atoms with Crippen molar-refractivity contribution in [3.63, 3.8) is 0 Å². The highest BCUT2D eigenvalue weighted by molar-refractivity contribution is 5.90. The van der Waals surface area contributed by atoms with Gasteiger partial charge in [0.25, 0.3) is 0 Å². The topological polar surface area (TPSA) is 102 Å². The molecule has 2 aliphatic heterocycles. The van der Waals surface area contributed by atoms with Crippen molar-refractivity contribution in [1.29, 1.82) is 5.26 Å². The molecule has 3 N–H and O–H groups in total. The van der Waals surface area contributed by atoms with Crippen molar-refractivity contribution in [2.24, 2.45) is 5.73 Å². The Morgan fingerprint density at radius 2 is 1.66 bits per heavy atom. The summed E-state index contributed by atoms with van der Waals surface area (Å²) in [4.78, 5) is 31.5. The van der Waals surface area contributed by atoms with Crippen LogP contribution in [0.2, 0.25) is 0 Å². The first-order valence-corrected chi connectivity index (χ1v) is 14.6. The van der Waals surface area contributed by atoms with Crippen molar-refractivity contribution in [3.05, 3.63) is 107 Å². The summed E-state index contributed by atoms with van der Waals surface area (Å²) in [6.45, 7) is 5.00. The van der Waals surface area contributed by atoms with Crippen LogP contribution in [0.5, 0.6) is 0 Å². The van der Waals surface area contributed by atoms with Gasteiger partial charge in [0.2, 0.25) is 11.8 Å². The molecule has 7 nitrogen and oxygen atoms in total. The summed E-state index contributed by atoms with van der Waals surface area (Å²) in [5.41, 5.74) is 9.84. The van der Waals surface area contributed by atoms with Gasteiger partial charge in [0.1, 0.15) is 6.04 Å². The molecule has 2 fully saturated rings. The highest BCUT2D eigenvalue weighted by atomic mass is 16.2. The summed E-state index contributed by atoms with van der Waals surface area (Å²) in [5, 5.41) is 12.3. The Kier molecular flexibility index (Phi) is 9.13. The fourth-order valence-corrected chi connectivity index (χ4v) is 6.33. The van der Waals surface area contributed by atoms with Gasteiger partial charge in [0, 0.05) is 38.0 Å². The molecule has 41 heavy (non-hydrogen) atoms. The first-order valence-electron chi connectivity index (χ1n) is 14.6. The molecule has 2 heterocycles. The van der Waals surface area contributed by atoms with Crippen LogP contribution in [0.4, 0.5) is 0 Å². The van der Waals surface area contributed by atoms with E-state index in [0.717, 1.165) is 38.0 Å². The number of hydrogen-bond acceptors (Lipinski definition) is 5. The van der Waals surface area contributed by atoms with Crippen LogP contribution in [0.25, 0.3) is 0 Å². The monoisotopic (exact) mass is 549 g/mol. The third-order valence-electron chi connectivity index (χ3n) is 8.50. The number of rotatable bonds is 9. The summed E-state index contributed by atoms with van der Waals surface area (Å²) in [7, 11) is 0. The molecule has 7 heteroatoms. The maximum absolute atomic E-state index is 14.3. The van der Waals surface area contributed by atoms with Crippen molar-refractivity contribution in [2.75, 3.05) is 26.2 Å². The van der Waals surface area contributed by atoms with E-state index in [4.69, 9.17) is 5.73 Å². The lowest BCUT2D eigenvalue weighted by atomic mass is 9.96. The number of carbonyl (C=O) groups excluding carboxylic acids is 2. The zero-order valence-electron chi connectivity index (χ0n) is 23.7. The fraction of sp³-hybridized carbons (Fsp3) is 0.382. The van der Waals surface area contributed by atoms with E-state index in [1.54, 1.807) is 19.1 Å². The maximum Gasteiger partial charge on any atom is 0.245 e. The van der Waals surface area contributed by atoms with E-state index in [2.05, 4.69) is 58.8 Å². The van der Waals surface area contributed by atoms with Crippen LogP contribution in [0.1, 0.15) is 53.9 Å². The number of hydrogen-bond donors (Lipinski definition) is 2. The van der Waals surface area contributed by atoms with Gasteiger partial charge in [-0.1, -0.05) is 72.8 Å². The van der Waals surface area contributed by atoms with Gasteiger partial charge >= 0.3 is 0 Å². The van der Waals surface area contributed by atoms with Crippen molar-refractivity contribution in [3.8, 4) is 6.07 Å². The second kappa shape index (κ2) is 13.1. The van der Waals surface area contributed by atoms with Gasteiger partial charge in [-0.25, -0.2) is 0 Å². The number of amides is 2. The molecule has 212 valence electrons. The summed E-state index contributed by atoms with van der Waals surface area (Å²) < 4.78 is 0. The minimum Gasteiger partial charge on any atom is -0.343 e. The summed E-state index contributed by atoms with van der Waals surface area (Å²) in [5.74, 6) is 0.269. The maximum atomic E-state index is 14.3. The lowest BCUT2D eigenvalue weighted by molar-refractivity contribution is -0.137. The smallest absolute Gasteiger partial charge is 0.245 e. The molecule has 2 aliphatic rings. The predicted octanol–water partition coefficient (Wildman–Crippen LogP) is 3.81. The third kappa shape index (κ3) is 7.02. The molecule has 3 aromatic rings. The molecule has 0 bridgehead atoms. The molecular formula is C34H39N5O2. The third-order valence-corrected chi connectivity index (χ3v) is 8.50. The number of nitrogens with zero attached hydrogens (tertiary/aromatic N) is 3. The van der Waals surface area contributed by atoms with Crippen LogP contribution in [-0.4, -0.2) is 65.9 Å².